The van der Waals surface area contributed by atoms with Crippen molar-refractivity contribution in [1.82, 2.24) is 14.4 Å². The van der Waals surface area contributed by atoms with E-state index in [-0.39, 0.29) is 5.91 Å². The van der Waals surface area contributed by atoms with E-state index in [0.29, 0.717) is 17.4 Å². The van der Waals surface area contributed by atoms with Gasteiger partial charge in [-0.25, -0.2) is 0 Å². The zero-order valence-corrected chi connectivity index (χ0v) is 12.1. The van der Waals surface area contributed by atoms with Gasteiger partial charge in [0.15, 0.2) is 0 Å². The molecule has 0 unspecified atom stereocenters. The number of nitrogens with two attached hydrogens (primary N) is 1. The number of carbonyl (C=O) groups is 1. The van der Waals surface area contributed by atoms with Gasteiger partial charge in [0.25, 0.3) is 5.91 Å². The highest BCUT2D eigenvalue weighted by Crippen LogP contribution is 2.15. The van der Waals surface area contributed by atoms with Crippen molar-refractivity contribution in [2.45, 2.75) is 33.4 Å². The quantitative estimate of drug-likeness (QED) is 0.894. The van der Waals surface area contributed by atoms with E-state index in [0.717, 1.165) is 32.7 Å². The molecule has 106 valence electrons. The summed E-state index contributed by atoms with van der Waals surface area (Å²) in [6.07, 6.45) is 1.83. The molecule has 0 radical (unpaired) electrons. The summed E-state index contributed by atoms with van der Waals surface area (Å²) in [5, 5.41) is 0. The van der Waals surface area contributed by atoms with Crippen LogP contribution in [0.15, 0.2) is 12.3 Å². The molecule has 0 saturated carbocycles. The Morgan fingerprint density at radius 1 is 1.32 bits per heavy atom. The maximum atomic E-state index is 12.5. The highest BCUT2D eigenvalue weighted by molar-refractivity contribution is 5.94. The standard InChI is InChI=1S/C14H24N4O/c1-4-16-10-12(15)9-13(16)14(19)18-7-5-17(6-8-18)11(2)3/h9-11H,4-8,15H2,1-3H3. The molecule has 1 saturated heterocycles. The highest BCUT2D eigenvalue weighted by Gasteiger charge is 2.25. The van der Waals surface area contributed by atoms with Gasteiger partial charge < -0.3 is 15.2 Å². The number of aryl methyl sites for hydroxylation is 1. The average Bonchev–Trinajstić information content (AvgIpc) is 2.79. The highest BCUT2D eigenvalue weighted by atomic mass is 16.2. The van der Waals surface area contributed by atoms with Gasteiger partial charge in [-0.1, -0.05) is 0 Å². The van der Waals surface area contributed by atoms with E-state index in [1.165, 1.54) is 0 Å². The lowest BCUT2D eigenvalue weighted by Crippen LogP contribution is -2.51. The van der Waals surface area contributed by atoms with E-state index in [9.17, 15) is 4.79 Å². The lowest BCUT2D eigenvalue weighted by Gasteiger charge is -2.37. The van der Waals surface area contributed by atoms with E-state index >= 15 is 0 Å². The van der Waals surface area contributed by atoms with Crippen molar-refractivity contribution in [1.29, 1.82) is 0 Å². The Morgan fingerprint density at radius 3 is 2.47 bits per heavy atom. The van der Waals surface area contributed by atoms with Crippen LogP contribution in [-0.4, -0.2) is 52.5 Å². The molecule has 0 atom stereocenters. The van der Waals surface area contributed by atoms with Gasteiger partial charge in [0.2, 0.25) is 0 Å². The minimum Gasteiger partial charge on any atom is -0.397 e. The zero-order valence-electron chi connectivity index (χ0n) is 12.1. The van der Waals surface area contributed by atoms with E-state index in [2.05, 4.69) is 18.7 Å². The van der Waals surface area contributed by atoms with E-state index < -0.39 is 0 Å². The van der Waals surface area contributed by atoms with Gasteiger partial charge in [-0.05, 0) is 26.8 Å². The second kappa shape index (κ2) is 5.65. The number of rotatable bonds is 3. The van der Waals surface area contributed by atoms with Crippen molar-refractivity contribution in [2.75, 3.05) is 31.9 Å². The van der Waals surface area contributed by atoms with Crippen LogP contribution in [-0.2, 0) is 6.54 Å². The lowest BCUT2D eigenvalue weighted by atomic mass is 10.2. The molecule has 2 rings (SSSR count). The molecule has 5 nitrogen and oxygen atoms in total. The Bertz CT molecular complexity index is 444. The predicted octanol–water partition coefficient (Wildman–Crippen LogP) is 1.26. The van der Waals surface area contributed by atoms with Crippen molar-refractivity contribution in [3.63, 3.8) is 0 Å². The summed E-state index contributed by atoms with van der Waals surface area (Å²) in [6.45, 7) is 10.7. The van der Waals surface area contributed by atoms with Crippen molar-refractivity contribution in [2.24, 2.45) is 0 Å². The van der Waals surface area contributed by atoms with Crippen molar-refractivity contribution >= 4 is 11.6 Å². The van der Waals surface area contributed by atoms with Gasteiger partial charge in [0, 0.05) is 45.0 Å². The predicted molar refractivity (Wildman–Crippen MR) is 77.1 cm³/mol. The number of piperazine rings is 1. The van der Waals surface area contributed by atoms with Gasteiger partial charge in [-0.3, -0.25) is 9.69 Å². The van der Waals surface area contributed by atoms with Gasteiger partial charge in [-0.2, -0.15) is 0 Å². The largest absolute Gasteiger partial charge is 0.397 e. The molecule has 19 heavy (non-hydrogen) atoms. The van der Waals surface area contributed by atoms with Crippen LogP contribution in [0.25, 0.3) is 0 Å². The number of nitrogens with zero attached hydrogens (tertiary/aromatic N) is 3. The normalized spacial score (nSPS) is 17.2. The van der Waals surface area contributed by atoms with E-state index in [4.69, 9.17) is 5.73 Å². The van der Waals surface area contributed by atoms with Gasteiger partial charge in [0.05, 0.1) is 5.69 Å². The number of hydrogen-bond donors (Lipinski definition) is 1. The van der Waals surface area contributed by atoms with Crippen LogP contribution in [0.2, 0.25) is 0 Å². The van der Waals surface area contributed by atoms with Crippen LogP contribution in [0.5, 0.6) is 0 Å². The second-order valence-corrected chi connectivity index (χ2v) is 5.37. The summed E-state index contributed by atoms with van der Waals surface area (Å²) in [5.41, 5.74) is 7.15. The Hall–Kier alpha value is -1.49. The van der Waals surface area contributed by atoms with Gasteiger partial charge in [0.1, 0.15) is 5.69 Å². The molecule has 2 heterocycles. The molecule has 1 aromatic rings. The summed E-state index contributed by atoms with van der Waals surface area (Å²) in [6, 6.07) is 2.33. The molecule has 1 aliphatic heterocycles. The molecule has 0 aromatic carbocycles. The fourth-order valence-corrected chi connectivity index (χ4v) is 2.58. The fourth-order valence-electron chi connectivity index (χ4n) is 2.58. The molecule has 2 N–H and O–H groups in total. The molecular formula is C14H24N4O. The SMILES string of the molecule is CCn1cc(N)cc1C(=O)N1CCN(C(C)C)CC1. The first-order valence-corrected chi connectivity index (χ1v) is 7.02. The molecular weight excluding hydrogens is 240 g/mol. The monoisotopic (exact) mass is 264 g/mol. The fraction of sp³-hybridized carbons (Fsp3) is 0.643. The number of anilines is 1. The number of amides is 1. The van der Waals surface area contributed by atoms with Crippen molar-refractivity contribution in [3.8, 4) is 0 Å². The Balaban J connectivity index is 2.05. The van der Waals surface area contributed by atoms with Crippen molar-refractivity contribution < 1.29 is 4.79 Å². The molecule has 1 aromatic heterocycles. The van der Waals surface area contributed by atoms with Crippen LogP contribution in [0.1, 0.15) is 31.3 Å². The van der Waals surface area contributed by atoms with Crippen LogP contribution in [0.3, 0.4) is 0 Å². The van der Waals surface area contributed by atoms with E-state index in [1.807, 2.05) is 22.6 Å². The average molecular weight is 264 g/mol. The first-order valence-electron chi connectivity index (χ1n) is 7.02. The van der Waals surface area contributed by atoms with Crippen molar-refractivity contribution in [3.05, 3.63) is 18.0 Å². The number of aromatic nitrogens is 1. The summed E-state index contributed by atoms with van der Waals surface area (Å²) < 4.78 is 1.92. The molecule has 0 aliphatic carbocycles. The Morgan fingerprint density at radius 2 is 1.95 bits per heavy atom. The maximum Gasteiger partial charge on any atom is 0.270 e. The number of hydrogen-bond acceptors (Lipinski definition) is 3. The first-order chi connectivity index (χ1) is 9.02. The third-order valence-corrected chi connectivity index (χ3v) is 3.81. The summed E-state index contributed by atoms with van der Waals surface area (Å²) in [5.74, 6) is 0.0990. The number of nitrogen functional groups attached to an aromatic ring is 1. The van der Waals surface area contributed by atoms with Gasteiger partial charge in [-0.15, -0.1) is 0 Å². The van der Waals surface area contributed by atoms with Crippen LogP contribution >= 0.6 is 0 Å². The Kier molecular flexibility index (Phi) is 4.14. The lowest BCUT2D eigenvalue weighted by molar-refractivity contribution is 0.0585. The molecule has 1 fully saturated rings. The zero-order chi connectivity index (χ0) is 14.0. The summed E-state index contributed by atoms with van der Waals surface area (Å²) >= 11 is 0. The van der Waals surface area contributed by atoms with Crippen LogP contribution in [0.4, 0.5) is 5.69 Å². The summed E-state index contributed by atoms with van der Waals surface area (Å²) in [4.78, 5) is 16.8. The molecule has 5 heteroatoms. The minimum atomic E-state index is 0.0990. The number of carbonyl (C=O) groups excluding carboxylic acids is 1. The smallest absolute Gasteiger partial charge is 0.270 e. The summed E-state index contributed by atoms with van der Waals surface area (Å²) in [7, 11) is 0. The molecule has 1 aliphatic rings. The third kappa shape index (κ3) is 2.92. The van der Waals surface area contributed by atoms with Crippen LogP contribution in [0, 0.1) is 0 Å². The van der Waals surface area contributed by atoms with Gasteiger partial charge >= 0.3 is 0 Å². The maximum absolute atomic E-state index is 12.5. The molecule has 1 amide bonds. The third-order valence-electron chi connectivity index (χ3n) is 3.81. The topological polar surface area (TPSA) is 54.5 Å². The molecule has 0 bridgehead atoms. The molecule has 0 spiro atoms. The second-order valence-electron chi connectivity index (χ2n) is 5.37. The first kappa shape index (κ1) is 13.9. The minimum absolute atomic E-state index is 0.0990. The van der Waals surface area contributed by atoms with E-state index in [1.54, 1.807) is 6.07 Å². The van der Waals surface area contributed by atoms with Crippen LogP contribution < -0.4 is 5.73 Å². The Labute approximate surface area is 115 Å².